The van der Waals surface area contributed by atoms with Crippen LogP contribution in [0.25, 0.3) is 0 Å². The molecule has 0 bridgehead atoms. The zero-order valence-electron chi connectivity index (χ0n) is 13.4. The summed E-state index contributed by atoms with van der Waals surface area (Å²) in [6.45, 7) is 0. The molecule has 2 atom stereocenters. The lowest BCUT2D eigenvalue weighted by atomic mass is 9.91. The zero-order chi connectivity index (χ0) is 17.8. The van der Waals surface area contributed by atoms with Gasteiger partial charge in [0.15, 0.2) is 11.5 Å². The largest absolute Gasteiger partial charge is 0.364 e. The third kappa shape index (κ3) is 4.15. The number of pyridine rings is 1. The highest BCUT2D eigenvalue weighted by Crippen LogP contribution is 2.21. The molecule has 0 aromatic carbocycles. The molecule has 2 heterocycles. The molecular formula is C15H19FN8O. The maximum absolute atomic E-state index is 12.9. The first-order valence-electron chi connectivity index (χ1n) is 7.98. The van der Waals surface area contributed by atoms with Crippen LogP contribution in [0.3, 0.4) is 0 Å². The molecule has 2 aromatic heterocycles. The van der Waals surface area contributed by atoms with Gasteiger partial charge in [-0.05, 0) is 25.0 Å². The molecule has 10 heteroatoms. The van der Waals surface area contributed by atoms with Crippen molar-refractivity contribution < 1.29 is 9.18 Å². The summed E-state index contributed by atoms with van der Waals surface area (Å²) in [7, 11) is 0. The van der Waals surface area contributed by atoms with Gasteiger partial charge in [0.05, 0.1) is 11.9 Å². The molecule has 1 saturated carbocycles. The molecule has 0 radical (unpaired) electrons. The van der Waals surface area contributed by atoms with E-state index in [9.17, 15) is 9.18 Å². The highest BCUT2D eigenvalue weighted by Gasteiger charge is 2.23. The Morgan fingerprint density at radius 1 is 1.24 bits per heavy atom. The molecule has 2 aromatic rings. The van der Waals surface area contributed by atoms with Crippen molar-refractivity contribution in [2.24, 2.45) is 11.5 Å². The van der Waals surface area contributed by atoms with Gasteiger partial charge in [-0.3, -0.25) is 4.79 Å². The van der Waals surface area contributed by atoms with Gasteiger partial charge in [0.25, 0.3) is 5.91 Å². The SMILES string of the molecule is NC(=O)c1nnc(N[C@@H]2CCCC[C@@H]2N)nc1Nc1ccc(F)nc1. The molecule has 132 valence electrons. The number of anilines is 3. The highest BCUT2D eigenvalue weighted by molar-refractivity contribution is 5.96. The number of primary amides is 1. The Hall–Kier alpha value is -2.88. The zero-order valence-corrected chi connectivity index (χ0v) is 13.4. The summed E-state index contributed by atoms with van der Waals surface area (Å²) in [5.74, 6) is -1.04. The molecule has 6 N–H and O–H groups in total. The van der Waals surface area contributed by atoms with Crippen molar-refractivity contribution >= 4 is 23.4 Å². The van der Waals surface area contributed by atoms with E-state index in [-0.39, 0.29) is 29.5 Å². The van der Waals surface area contributed by atoms with Crippen LogP contribution < -0.4 is 22.1 Å². The van der Waals surface area contributed by atoms with E-state index in [0.717, 1.165) is 25.7 Å². The van der Waals surface area contributed by atoms with Crippen molar-refractivity contribution in [1.82, 2.24) is 20.2 Å². The van der Waals surface area contributed by atoms with Gasteiger partial charge < -0.3 is 22.1 Å². The predicted molar refractivity (Wildman–Crippen MR) is 89.7 cm³/mol. The van der Waals surface area contributed by atoms with Gasteiger partial charge in [-0.2, -0.15) is 9.37 Å². The van der Waals surface area contributed by atoms with E-state index in [4.69, 9.17) is 11.5 Å². The van der Waals surface area contributed by atoms with Crippen molar-refractivity contribution in [2.45, 2.75) is 37.8 Å². The number of carbonyl (C=O) groups excluding carboxylic acids is 1. The first-order chi connectivity index (χ1) is 12.0. The van der Waals surface area contributed by atoms with E-state index in [0.29, 0.717) is 5.69 Å². The van der Waals surface area contributed by atoms with Crippen LogP contribution in [0.2, 0.25) is 0 Å². The number of rotatable bonds is 5. The maximum Gasteiger partial charge on any atom is 0.273 e. The van der Waals surface area contributed by atoms with Crippen LogP contribution in [-0.2, 0) is 0 Å². The standard InChI is InChI=1S/C15H19FN8O/c16-11-6-5-8(7-19-11)20-14-12(13(18)25)23-24-15(22-14)21-10-4-2-1-3-9(10)17/h5-7,9-10H,1-4,17H2,(H2,18,25)(H2,20,21,22,24)/t9-,10+/m0/s1. The van der Waals surface area contributed by atoms with Crippen molar-refractivity contribution in [3.63, 3.8) is 0 Å². The molecule has 1 fully saturated rings. The Kier molecular flexibility index (Phi) is 4.98. The fourth-order valence-corrected chi connectivity index (χ4v) is 2.73. The van der Waals surface area contributed by atoms with Crippen molar-refractivity contribution in [2.75, 3.05) is 10.6 Å². The van der Waals surface area contributed by atoms with Crippen LogP contribution >= 0.6 is 0 Å². The highest BCUT2D eigenvalue weighted by atomic mass is 19.1. The van der Waals surface area contributed by atoms with Gasteiger partial charge >= 0.3 is 0 Å². The fourth-order valence-electron chi connectivity index (χ4n) is 2.73. The molecule has 9 nitrogen and oxygen atoms in total. The molecule has 0 unspecified atom stereocenters. The second kappa shape index (κ2) is 7.34. The van der Waals surface area contributed by atoms with Crippen LogP contribution in [0.1, 0.15) is 36.2 Å². The minimum atomic E-state index is -0.779. The number of nitrogens with two attached hydrogens (primary N) is 2. The normalized spacial score (nSPS) is 20.1. The number of hydrogen-bond donors (Lipinski definition) is 4. The van der Waals surface area contributed by atoms with E-state index in [2.05, 4.69) is 30.8 Å². The molecule has 0 saturated heterocycles. The van der Waals surface area contributed by atoms with Crippen molar-refractivity contribution in [3.05, 3.63) is 30.0 Å². The average molecular weight is 346 g/mol. The minimum Gasteiger partial charge on any atom is -0.364 e. The second-order valence-corrected chi connectivity index (χ2v) is 5.89. The Morgan fingerprint density at radius 3 is 2.72 bits per heavy atom. The summed E-state index contributed by atoms with van der Waals surface area (Å²) in [5, 5.41) is 13.7. The molecular weight excluding hydrogens is 327 g/mol. The number of nitrogens with zero attached hydrogens (tertiary/aromatic N) is 4. The average Bonchev–Trinajstić information content (AvgIpc) is 2.59. The van der Waals surface area contributed by atoms with E-state index in [1.54, 1.807) is 0 Å². The predicted octanol–water partition coefficient (Wildman–Crippen LogP) is 0.930. The lowest BCUT2D eigenvalue weighted by Crippen LogP contribution is -2.43. The number of nitrogens with one attached hydrogen (secondary N) is 2. The lowest BCUT2D eigenvalue weighted by Gasteiger charge is -2.29. The first kappa shape index (κ1) is 17.0. The van der Waals surface area contributed by atoms with Gasteiger partial charge in [-0.25, -0.2) is 4.98 Å². The number of amides is 1. The lowest BCUT2D eigenvalue weighted by molar-refractivity contribution is 0.0995. The van der Waals surface area contributed by atoms with Crippen LogP contribution in [0.5, 0.6) is 0 Å². The number of carbonyl (C=O) groups is 1. The van der Waals surface area contributed by atoms with Crippen molar-refractivity contribution in [3.8, 4) is 0 Å². The van der Waals surface area contributed by atoms with Crippen LogP contribution in [0.15, 0.2) is 18.3 Å². The summed E-state index contributed by atoms with van der Waals surface area (Å²) in [6, 6.07) is 2.68. The van der Waals surface area contributed by atoms with E-state index >= 15 is 0 Å². The van der Waals surface area contributed by atoms with Crippen LogP contribution in [-0.4, -0.2) is 38.2 Å². The Labute approximate surface area is 143 Å². The minimum absolute atomic E-state index is 0.00544. The summed E-state index contributed by atoms with van der Waals surface area (Å²) in [4.78, 5) is 19.3. The molecule has 1 aliphatic rings. The van der Waals surface area contributed by atoms with Gasteiger partial charge in [-0.1, -0.05) is 12.8 Å². The number of hydrogen-bond acceptors (Lipinski definition) is 8. The number of aromatic nitrogens is 4. The summed E-state index contributed by atoms with van der Waals surface area (Å²) in [6.07, 6.45) is 5.28. The quantitative estimate of drug-likeness (QED) is 0.585. The topological polar surface area (TPSA) is 145 Å². The third-order valence-corrected chi connectivity index (χ3v) is 4.04. The summed E-state index contributed by atoms with van der Waals surface area (Å²) in [5.41, 5.74) is 11.7. The van der Waals surface area contributed by atoms with Gasteiger partial charge in [-0.15, -0.1) is 10.2 Å². The van der Waals surface area contributed by atoms with Crippen LogP contribution in [0.4, 0.5) is 21.8 Å². The van der Waals surface area contributed by atoms with Crippen LogP contribution in [0, 0.1) is 5.95 Å². The second-order valence-electron chi connectivity index (χ2n) is 5.89. The molecule has 25 heavy (non-hydrogen) atoms. The van der Waals surface area contributed by atoms with Crippen molar-refractivity contribution in [1.29, 1.82) is 0 Å². The Morgan fingerprint density at radius 2 is 2.04 bits per heavy atom. The molecule has 0 aliphatic heterocycles. The molecule has 3 rings (SSSR count). The Balaban J connectivity index is 1.83. The smallest absolute Gasteiger partial charge is 0.273 e. The summed E-state index contributed by atoms with van der Waals surface area (Å²) >= 11 is 0. The molecule has 1 aliphatic carbocycles. The maximum atomic E-state index is 12.9. The van der Waals surface area contributed by atoms with Gasteiger partial charge in [0.2, 0.25) is 11.9 Å². The third-order valence-electron chi connectivity index (χ3n) is 4.04. The number of halogens is 1. The molecule has 1 amide bonds. The van der Waals surface area contributed by atoms with Gasteiger partial charge in [0, 0.05) is 12.1 Å². The van der Waals surface area contributed by atoms with E-state index in [1.807, 2.05) is 0 Å². The Bertz CT molecular complexity index is 754. The monoisotopic (exact) mass is 346 g/mol. The summed E-state index contributed by atoms with van der Waals surface area (Å²) < 4.78 is 12.9. The molecule has 0 spiro atoms. The first-order valence-corrected chi connectivity index (χ1v) is 7.98. The van der Waals surface area contributed by atoms with E-state index in [1.165, 1.54) is 18.3 Å². The van der Waals surface area contributed by atoms with Gasteiger partial charge in [0.1, 0.15) is 0 Å². The van der Waals surface area contributed by atoms with E-state index < -0.39 is 11.9 Å². The fraction of sp³-hybridized carbons (Fsp3) is 0.400.